The lowest BCUT2D eigenvalue weighted by Crippen LogP contribution is -2.07. The van der Waals surface area contributed by atoms with E-state index in [1.807, 2.05) is 24.3 Å². The first kappa shape index (κ1) is 16.7. The van der Waals surface area contributed by atoms with Gasteiger partial charge in [0, 0.05) is 6.54 Å². The molecule has 4 aromatic rings. The van der Waals surface area contributed by atoms with Crippen molar-refractivity contribution in [2.75, 3.05) is 19.5 Å². The van der Waals surface area contributed by atoms with Crippen LogP contribution in [0.2, 0.25) is 0 Å². The number of ether oxygens (including phenoxy) is 2. The second-order valence-electron chi connectivity index (χ2n) is 5.77. The van der Waals surface area contributed by atoms with Crippen molar-refractivity contribution in [1.29, 1.82) is 0 Å². The molecule has 2 aromatic heterocycles. The van der Waals surface area contributed by atoms with Crippen molar-refractivity contribution >= 4 is 28.5 Å². The van der Waals surface area contributed by atoms with Gasteiger partial charge in [-0.3, -0.25) is 0 Å². The quantitative estimate of drug-likeness (QED) is 0.537. The third-order valence-electron chi connectivity index (χ3n) is 4.16. The van der Waals surface area contributed by atoms with E-state index in [1.165, 1.54) is 7.11 Å². The Morgan fingerprint density at radius 2 is 1.96 bits per heavy atom. The highest BCUT2D eigenvalue weighted by molar-refractivity contribution is 5.94. The fraction of sp³-hybridized carbons (Fsp3) is 0.167. The van der Waals surface area contributed by atoms with Gasteiger partial charge in [0.25, 0.3) is 0 Å². The molecule has 0 atom stereocenters. The SMILES string of the molecule is COC(=O)c1ccc2nc(NCc3ccc(OC)cc3)c3nnnn3c2c1. The van der Waals surface area contributed by atoms with Crippen molar-refractivity contribution in [3.8, 4) is 5.75 Å². The largest absolute Gasteiger partial charge is 0.497 e. The number of anilines is 1. The van der Waals surface area contributed by atoms with Crippen LogP contribution in [0, 0.1) is 0 Å². The van der Waals surface area contributed by atoms with E-state index < -0.39 is 5.97 Å². The topological polar surface area (TPSA) is 104 Å². The maximum absolute atomic E-state index is 11.8. The van der Waals surface area contributed by atoms with E-state index >= 15 is 0 Å². The van der Waals surface area contributed by atoms with Gasteiger partial charge in [-0.2, -0.15) is 4.52 Å². The van der Waals surface area contributed by atoms with Crippen LogP contribution < -0.4 is 10.1 Å². The lowest BCUT2D eigenvalue weighted by Gasteiger charge is -2.09. The van der Waals surface area contributed by atoms with Crippen molar-refractivity contribution in [3.05, 3.63) is 53.6 Å². The number of carbonyl (C=O) groups excluding carboxylic acids is 1. The maximum Gasteiger partial charge on any atom is 0.337 e. The standard InChI is InChI=1S/C18H16N6O3/c1-26-13-6-3-11(4-7-13)10-19-16-17-21-22-23-24(17)15-9-12(18(25)27-2)5-8-14(15)20-16/h3-9H,10H2,1-2H3,(H,19,20). The van der Waals surface area contributed by atoms with Gasteiger partial charge in [-0.15, -0.1) is 5.10 Å². The molecule has 1 N–H and O–H groups in total. The number of tetrazole rings is 1. The van der Waals surface area contributed by atoms with Gasteiger partial charge < -0.3 is 14.8 Å². The first-order chi connectivity index (χ1) is 13.2. The number of carbonyl (C=O) groups is 1. The van der Waals surface area contributed by atoms with E-state index in [4.69, 9.17) is 9.47 Å². The molecule has 136 valence electrons. The minimum Gasteiger partial charge on any atom is -0.497 e. The molecule has 27 heavy (non-hydrogen) atoms. The van der Waals surface area contributed by atoms with Gasteiger partial charge in [-0.25, -0.2) is 9.78 Å². The predicted molar refractivity (Wildman–Crippen MR) is 97.7 cm³/mol. The Morgan fingerprint density at radius 1 is 1.15 bits per heavy atom. The molecule has 4 rings (SSSR count). The maximum atomic E-state index is 11.8. The molecule has 2 heterocycles. The summed E-state index contributed by atoms with van der Waals surface area (Å²) < 4.78 is 11.5. The summed E-state index contributed by atoms with van der Waals surface area (Å²) in [6, 6.07) is 12.8. The second kappa shape index (κ2) is 6.87. The Hall–Kier alpha value is -3.75. The Balaban J connectivity index is 1.69. The van der Waals surface area contributed by atoms with Gasteiger partial charge in [0.2, 0.25) is 5.65 Å². The van der Waals surface area contributed by atoms with Crippen LogP contribution in [0.4, 0.5) is 5.82 Å². The average Bonchev–Trinajstić information content (AvgIpc) is 3.22. The highest BCUT2D eigenvalue weighted by Gasteiger charge is 2.14. The van der Waals surface area contributed by atoms with E-state index in [9.17, 15) is 4.79 Å². The zero-order chi connectivity index (χ0) is 18.8. The Bertz CT molecular complexity index is 1120. The highest BCUT2D eigenvalue weighted by atomic mass is 16.5. The van der Waals surface area contributed by atoms with Crippen molar-refractivity contribution in [3.63, 3.8) is 0 Å². The number of rotatable bonds is 5. The average molecular weight is 364 g/mol. The van der Waals surface area contributed by atoms with Gasteiger partial charge in [-0.1, -0.05) is 12.1 Å². The molecule has 2 aromatic carbocycles. The summed E-state index contributed by atoms with van der Waals surface area (Å²) in [6.45, 7) is 0.547. The van der Waals surface area contributed by atoms with Gasteiger partial charge in [-0.05, 0) is 46.3 Å². The molecule has 0 unspecified atom stereocenters. The third kappa shape index (κ3) is 3.10. The number of hydrogen-bond donors (Lipinski definition) is 1. The number of nitrogens with one attached hydrogen (secondary N) is 1. The lowest BCUT2D eigenvalue weighted by molar-refractivity contribution is 0.0601. The first-order valence-electron chi connectivity index (χ1n) is 8.16. The van der Waals surface area contributed by atoms with Crippen molar-refractivity contribution in [1.82, 2.24) is 25.0 Å². The number of hydrogen-bond acceptors (Lipinski definition) is 8. The Kier molecular flexibility index (Phi) is 4.25. The van der Waals surface area contributed by atoms with Crippen molar-refractivity contribution in [2.24, 2.45) is 0 Å². The molecule has 9 heteroatoms. The molecular formula is C18H16N6O3. The number of esters is 1. The molecule has 0 saturated carbocycles. The van der Waals surface area contributed by atoms with Crippen LogP contribution in [0.5, 0.6) is 5.75 Å². The zero-order valence-electron chi connectivity index (χ0n) is 14.7. The summed E-state index contributed by atoms with van der Waals surface area (Å²) in [7, 11) is 2.97. The summed E-state index contributed by atoms with van der Waals surface area (Å²) in [5.74, 6) is 0.919. The third-order valence-corrected chi connectivity index (χ3v) is 4.16. The van der Waals surface area contributed by atoms with Crippen LogP contribution in [-0.2, 0) is 11.3 Å². The molecule has 0 aliphatic carbocycles. The normalized spacial score (nSPS) is 10.9. The number of fused-ring (bicyclic) bond motifs is 3. The van der Waals surface area contributed by atoms with Gasteiger partial charge in [0.05, 0.1) is 30.8 Å². The van der Waals surface area contributed by atoms with Crippen LogP contribution in [0.15, 0.2) is 42.5 Å². The van der Waals surface area contributed by atoms with Crippen LogP contribution in [-0.4, -0.2) is 45.2 Å². The molecule has 0 bridgehead atoms. The number of aromatic nitrogens is 5. The van der Waals surface area contributed by atoms with Crippen molar-refractivity contribution in [2.45, 2.75) is 6.54 Å². The Morgan fingerprint density at radius 3 is 2.70 bits per heavy atom. The summed E-state index contributed by atoms with van der Waals surface area (Å²) in [5.41, 5.74) is 3.21. The number of benzene rings is 2. The molecule has 0 saturated heterocycles. The van der Waals surface area contributed by atoms with Gasteiger partial charge in [0.15, 0.2) is 5.82 Å². The lowest BCUT2D eigenvalue weighted by atomic mass is 10.2. The molecule has 0 radical (unpaired) electrons. The van der Waals surface area contributed by atoms with E-state index in [1.54, 1.807) is 29.8 Å². The first-order valence-corrected chi connectivity index (χ1v) is 8.16. The summed E-state index contributed by atoms with van der Waals surface area (Å²) in [6.07, 6.45) is 0. The van der Waals surface area contributed by atoms with Crippen LogP contribution in [0.3, 0.4) is 0 Å². The second-order valence-corrected chi connectivity index (χ2v) is 5.77. The Labute approximate surface area is 153 Å². The predicted octanol–water partition coefficient (Wildman–Crippen LogP) is 2.08. The molecule has 0 aliphatic heterocycles. The molecule has 9 nitrogen and oxygen atoms in total. The molecular weight excluding hydrogens is 348 g/mol. The van der Waals surface area contributed by atoms with E-state index in [0.29, 0.717) is 34.6 Å². The summed E-state index contributed by atoms with van der Waals surface area (Å²) in [5, 5.41) is 15.1. The highest BCUT2D eigenvalue weighted by Crippen LogP contribution is 2.21. The van der Waals surface area contributed by atoms with Crippen LogP contribution in [0.1, 0.15) is 15.9 Å². The van der Waals surface area contributed by atoms with Crippen LogP contribution in [0.25, 0.3) is 16.7 Å². The number of nitrogens with zero attached hydrogens (tertiary/aromatic N) is 5. The fourth-order valence-electron chi connectivity index (χ4n) is 2.75. The summed E-state index contributed by atoms with van der Waals surface area (Å²) in [4.78, 5) is 16.4. The summed E-state index contributed by atoms with van der Waals surface area (Å²) >= 11 is 0. The zero-order valence-corrected chi connectivity index (χ0v) is 14.7. The van der Waals surface area contributed by atoms with E-state index in [0.717, 1.165) is 11.3 Å². The van der Waals surface area contributed by atoms with Gasteiger partial charge in [0.1, 0.15) is 5.75 Å². The minimum atomic E-state index is -0.431. The minimum absolute atomic E-state index is 0.405. The van der Waals surface area contributed by atoms with Crippen LogP contribution >= 0.6 is 0 Å². The van der Waals surface area contributed by atoms with Gasteiger partial charge >= 0.3 is 5.97 Å². The molecule has 0 fully saturated rings. The number of methoxy groups -OCH3 is 2. The fourth-order valence-corrected chi connectivity index (χ4v) is 2.75. The van der Waals surface area contributed by atoms with E-state index in [2.05, 4.69) is 25.8 Å². The smallest absolute Gasteiger partial charge is 0.337 e. The monoisotopic (exact) mass is 364 g/mol. The molecule has 0 amide bonds. The molecule has 0 aliphatic rings. The molecule has 0 spiro atoms. The van der Waals surface area contributed by atoms with Crippen molar-refractivity contribution < 1.29 is 14.3 Å². The van der Waals surface area contributed by atoms with E-state index in [-0.39, 0.29) is 0 Å².